The summed E-state index contributed by atoms with van der Waals surface area (Å²) in [6, 6.07) is 10.6. The number of carbonyl (C=O) groups is 6. The number of aliphatic carboxylic acids is 1. The summed E-state index contributed by atoms with van der Waals surface area (Å²) in [7, 11) is 0. The Bertz CT molecular complexity index is 1650. The predicted molar refractivity (Wildman–Crippen MR) is 204 cm³/mol. The first-order valence-corrected chi connectivity index (χ1v) is 19.5. The molecule has 5 amide bonds. The van der Waals surface area contributed by atoms with E-state index in [0.717, 1.165) is 24.8 Å². The van der Waals surface area contributed by atoms with Crippen molar-refractivity contribution in [1.29, 1.82) is 0 Å². The van der Waals surface area contributed by atoms with E-state index in [4.69, 9.17) is 5.73 Å². The van der Waals surface area contributed by atoms with Gasteiger partial charge in [0, 0.05) is 18.4 Å². The van der Waals surface area contributed by atoms with Crippen LogP contribution in [0.5, 0.6) is 5.75 Å². The molecule has 4 aliphatic carbocycles. The maximum Gasteiger partial charge on any atom is 0.326 e. The van der Waals surface area contributed by atoms with Gasteiger partial charge in [0.15, 0.2) is 0 Å². The second-order valence-corrected chi connectivity index (χ2v) is 16.4. The molecule has 4 atom stereocenters. The van der Waals surface area contributed by atoms with Gasteiger partial charge in [0.2, 0.25) is 29.5 Å². The van der Waals surface area contributed by atoms with Crippen molar-refractivity contribution in [2.75, 3.05) is 6.54 Å². The smallest absolute Gasteiger partial charge is 0.326 e. The fourth-order valence-corrected chi connectivity index (χ4v) is 8.98. The zero-order chi connectivity index (χ0) is 39.7. The molecule has 0 aliphatic heterocycles. The Kier molecular flexibility index (Phi) is 13.9. The van der Waals surface area contributed by atoms with Gasteiger partial charge < -0.3 is 42.5 Å². The number of rotatable bonds is 19. The average molecular weight is 761 g/mol. The lowest BCUT2D eigenvalue weighted by Gasteiger charge is -2.57. The third-order valence-corrected chi connectivity index (χ3v) is 11.1. The van der Waals surface area contributed by atoms with Gasteiger partial charge in [-0.25, -0.2) is 4.79 Å². The number of aromatic hydroxyl groups is 1. The molecule has 0 unspecified atom stereocenters. The van der Waals surface area contributed by atoms with Crippen molar-refractivity contribution in [3.05, 3.63) is 65.7 Å². The minimum Gasteiger partial charge on any atom is -0.508 e. The van der Waals surface area contributed by atoms with Gasteiger partial charge in [-0.05, 0) is 105 Å². The number of phenols is 1. The lowest BCUT2D eigenvalue weighted by atomic mass is 9.53. The number of carboxylic acid groups (broad SMARTS) is 1. The van der Waals surface area contributed by atoms with Gasteiger partial charge in [0.25, 0.3) is 0 Å². The second-order valence-electron chi connectivity index (χ2n) is 16.4. The number of benzene rings is 2. The number of nitrogens with one attached hydrogen (secondary N) is 5. The first-order chi connectivity index (χ1) is 26.2. The quantitative estimate of drug-likeness (QED) is 0.105. The van der Waals surface area contributed by atoms with Crippen molar-refractivity contribution in [2.24, 2.45) is 29.4 Å². The highest BCUT2D eigenvalue weighted by atomic mass is 16.4. The summed E-state index contributed by atoms with van der Waals surface area (Å²) in [4.78, 5) is 78.7. The third-order valence-electron chi connectivity index (χ3n) is 11.1. The van der Waals surface area contributed by atoms with Crippen molar-refractivity contribution in [2.45, 2.75) is 114 Å². The van der Waals surface area contributed by atoms with Crippen LogP contribution >= 0.6 is 0 Å². The molecular formula is C41H56N6O8. The molecule has 4 aliphatic rings. The number of carboxylic acids is 1. The molecule has 14 nitrogen and oxygen atoms in total. The summed E-state index contributed by atoms with van der Waals surface area (Å²) in [6.07, 6.45) is 6.85. The van der Waals surface area contributed by atoms with E-state index >= 15 is 0 Å². The van der Waals surface area contributed by atoms with Crippen LogP contribution < -0.4 is 32.3 Å². The largest absolute Gasteiger partial charge is 0.508 e. The zero-order valence-corrected chi connectivity index (χ0v) is 31.7. The summed E-state index contributed by atoms with van der Waals surface area (Å²) in [5.74, 6) is -2.21. The highest BCUT2D eigenvalue weighted by Crippen LogP contribution is 2.55. The molecule has 6 rings (SSSR count). The molecule has 0 heterocycles. The molecule has 9 N–H and O–H groups in total. The van der Waals surface area contributed by atoms with Crippen molar-refractivity contribution < 1.29 is 39.0 Å². The molecule has 4 bridgehead atoms. The van der Waals surface area contributed by atoms with E-state index in [2.05, 4.69) is 26.6 Å². The second kappa shape index (κ2) is 18.6. The Morgan fingerprint density at radius 1 is 0.727 bits per heavy atom. The standard InChI is InChI=1S/C41H56N6O8/c1-24(2)14-34(40(54)55)46-39(53)33(19-25-6-4-3-5-7-25)44-36(50)23-43-38(52)32(45-37(51)31(42)18-26-8-10-30(48)11-9-26)12-13-35(49)47-41-20-27-15-28(21-41)17-29(16-27)22-41/h3-11,24,27-29,31-34,48H,12-23,42H2,1-2H3,(H,43,52)(H,44,50)(H,45,51)(H,46,53)(H,47,49)(H,54,55)/t27?,28?,29?,31-,32+,33-,34-,41?/m0/s1. The van der Waals surface area contributed by atoms with E-state index < -0.39 is 60.3 Å². The summed E-state index contributed by atoms with van der Waals surface area (Å²) >= 11 is 0. The van der Waals surface area contributed by atoms with Crippen LogP contribution in [0.2, 0.25) is 0 Å². The van der Waals surface area contributed by atoms with Crippen LogP contribution in [0.4, 0.5) is 0 Å². The van der Waals surface area contributed by atoms with E-state index in [9.17, 15) is 39.0 Å². The minimum absolute atomic E-state index is 0.0160. The lowest BCUT2D eigenvalue weighted by molar-refractivity contribution is -0.142. The van der Waals surface area contributed by atoms with Crippen molar-refractivity contribution in [1.82, 2.24) is 26.6 Å². The van der Waals surface area contributed by atoms with Crippen LogP contribution in [0.15, 0.2) is 54.6 Å². The number of carbonyl (C=O) groups excluding carboxylic acids is 5. The van der Waals surface area contributed by atoms with E-state index in [0.29, 0.717) is 23.3 Å². The summed E-state index contributed by atoms with van der Waals surface area (Å²) in [6.45, 7) is 3.11. The average Bonchev–Trinajstić information content (AvgIpc) is 3.12. The number of nitrogens with two attached hydrogens (primary N) is 1. The molecule has 0 spiro atoms. The fourth-order valence-electron chi connectivity index (χ4n) is 8.98. The normalized spacial score (nSPS) is 23.2. The first kappa shape index (κ1) is 41.2. The topological polar surface area (TPSA) is 229 Å². The van der Waals surface area contributed by atoms with E-state index in [1.54, 1.807) is 42.5 Å². The van der Waals surface area contributed by atoms with E-state index in [1.807, 2.05) is 13.8 Å². The molecule has 14 heteroatoms. The van der Waals surface area contributed by atoms with E-state index in [1.165, 1.54) is 31.4 Å². The maximum absolute atomic E-state index is 13.6. The van der Waals surface area contributed by atoms with Crippen LogP contribution in [0.25, 0.3) is 0 Å². The van der Waals surface area contributed by atoms with Crippen LogP contribution in [-0.2, 0) is 41.6 Å². The Morgan fingerprint density at radius 2 is 1.31 bits per heavy atom. The molecule has 0 aromatic heterocycles. The number of phenolic OH excluding ortho intramolecular Hbond substituents is 1. The van der Waals surface area contributed by atoms with Crippen molar-refractivity contribution in [3.8, 4) is 5.75 Å². The molecule has 2 aromatic carbocycles. The maximum atomic E-state index is 13.6. The predicted octanol–water partition coefficient (Wildman–Crippen LogP) is 2.07. The molecule has 55 heavy (non-hydrogen) atoms. The molecule has 4 fully saturated rings. The minimum atomic E-state index is -1.20. The van der Waals surface area contributed by atoms with Crippen LogP contribution in [0, 0.1) is 23.7 Å². The molecule has 298 valence electrons. The molecule has 0 radical (unpaired) electrons. The van der Waals surface area contributed by atoms with Gasteiger partial charge in [0.05, 0.1) is 12.6 Å². The van der Waals surface area contributed by atoms with Gasteiger partial charge in [-0.1, -0.05) is 56.3 Å². The summed E-state index contributed by atoms with van der Waals surface area (Å²) < 4.78 is 0. The monoisotopic (exact) mass is 760 g/mol. The Hall–Kier alpha value is -4.98. The van der Waals surface area contributed by atoms with Crippen LogP contribution in [0.1, 0.15) is 82.8 Å². The lowest BCUT2D eigenvalue weighted by Crippen LogP contribution is -2.60. The summed E-state index contributed by atoms with van der Waals surface area (Å²) in [5.41, 5.74) is 7.41. The highest BCUT2D eigenvalue weighted by molar-refractivity contribution is 5.94. The fraction of sp³-hybridized carbons (Fsp3) is 0.561. The van der Waals surface area contributed by atoms with Crippen molar-refractivity contribution in [3.63, 3.8) is 0 Å². The molecule has 4 saturated carbocycles. The molecule has 0 saturated heterocycles. The van der Waals surface area contributed by atoms with Crippen LogP contribution in [-0.4, -0.2) is 82.0 Å². The Balaban J connectivity index is 1.22. The van der Waals surface area contributed by atoms with Gasteiger partial charge in [0.1, 0.15) is 23.9 Å². The van der Waals surface area contributed by atoms with Gasteiger partial charge >= 0.3 is 5.97 Å². The number of amides is 5. The molecule has 2 aromatic rings. The van der Waals surface area contributed by atoms with E-state index in [-0.39, 0.29) is 55.2 Å². The highest BCUT2D eigenvalue weighted by Gasteiger charge is 2.51. The number of hydrogen-bond acceptors (Lipinski definition) is 8. The number of hydrogen-bond donors (Lipinski definition) is 8. The van der Waals surface area contributed by atoms with Gasteiger partial charge in [-0.15, -0.1) is 0 Å². The SMILES string of the molecule is CC(C)C[C@H](NC(=O)[C@H](Cc1ccccc1)NC(=O)CNC(=O)[C@@H](CCC(=O)NC12CC3CC(CC(C3)C1)C2)NC(=O)[C@@H](N)Cc1ccc(O)cc1)C(=O)O. The van der Waals surface area contributed by atoms with Gasteiger partial charge in [-0.3, -0.25) is 24.0 Å². The Morgan fingerprint density at radius 3 is 1.89 bits per heavy atom. The Labute approximate surface area is 322 Å². The van der Waals surface area contributed by atoms with Crippen molar-refractivity contribution >= 4 is 35.5 Å². The third kappa shape index (κ3) is 12.0. The zero-order valence-electron chi connectivity index (χ0n) is 31.7. The first-order valence-electron chi connectivity index (χ1n) is 19.5. The summed E-state index contributed by atoms with van der Waals surface area (Å²) in [5, 5.41) is 33.0. The van der Waals surface area contributed by atoms with Gasteiger partial charge in [-0.2, -0.15) is 0 Å². The van der Waals surface area contributed by atoms with Crippen LogP contribution in [0.3, 0.4) is 0 Å². The molecular weight excluding hydrogens is 704 g/mol.